The van der Waals surface area contributed by atoms with Crippen LogP contribution < -0.4 is 4.74 Å². The maximum absolute atomic E-state index is 13.7. The van der Waals surface area contributed by atoms with Crippen molar-refractivity contribution in [3.05, 3.63) is 69.5 Å². The maximum Gasteiger partial charge on any atom is 0.310 e. The van der Waals surface area contributed by atoms with Crippen LogP contribution in [0, 0.1) is 28.3 Å². The zero-order valence-electron chi connectivity index (χ0n) is 21.5. The molecule has 0 spiro atoms. The van der Waals surface area contributed by atoms with Crippen LogP contribution in [0.3, 0.4) is 0 Å². The van der Waals surface area contributed by atoms with Gasteiger partial charge in [-0.05, 0) is 68.4 Å². The number of nitrogens with zero attached hydrogens (tertiary/aromatic N) is 2. The Morgan fingerprint density at radius 1 is 1.25 bits per heavy atom. The van der Waals surface area contributed by atoms with E-state index in [-0.39, 0.29) is 29.2 Å². The van der Waals surface area contributed by atoms with Crippen molar-refractivity contribution in [1.82, 2.24) is 4.90 Å². The van der Waals surface area contributed by atoms with E-state index in [0.29, 0.717) is 25.8 Å². The Balaban J connectivity index is 0.00000145. The summed E-state index contributed by atoms with van der Waals surface area (Å²) in [5, 5.41) is 11.2. The Kier molecular flexibility index (Phi) is 10.9. The van der Waals surface area contributed by atoms with E-state index in [1.165, 1.54) is 25.3 Å². The van der Waals surface area contributed by atoms with Crippen LogP contribution in [0.5, 0.6) is 5.75 Å². The van der Waals surface area contributed by atoms with E-state index in [1.807, 2.05) is 4.90 Å². The number of aryl methyl sites for hydroxylation is 1. The average molecular weight is 499 g/mol. The Labute approximate surface area is 212 Å². The molecule has 3 rings (SSSR count). The van der Waals surface area contributed by atoms with Gasteiger partial charge in [-0.2, -0.15) is 0 Å². The second-order valence-electron chi connectivity index (χ2n) is 8.71. The van der Waals surface area contributed by atoms with Crippen LogP contribution in [0.1, 0.15) is 63.1 Å². The summed E-state index contributed by atoms with van der Waals surface area (Å²) in [5.41, 5.74) is 0.685. The largest absolute Gasteiger partial charge is 0.490 e. The summed E-state index contributed by atoms with van der Waals surface area (Å²) in [6.07, 6.45) is 8.61. The Morgan fingerprint density at radius 2 is 1.92 bits per heavy atom. The molecule has 36 heavy (non-hydrogen) atoms. The molecule has 1 aliphatic rings. The molecule has 0 saturated carbocycles. The number of terminal acetylenes is 1. The lowest BCUT2D eigenvalue weighted by atomic mass is 9.84. The number of amides is 1. The van der Waals surface area contributed by atoms with E-state index < -0.39 is 10.5 Å². The summed E-state index contributed by atoms with van der Waals surface area (Å²) in [6, 6.07) is 11.0. The molecule has 1 aliphatic heterocycles. The number of benzene rings is 2. The summed E-state index contributed by atoms with van der Waals surface area (Å²) < 4.78 is 24.5. The lowest BCUT2D eigenvalue weighted by molar-refractivity contribution is -0.385. The highest BCUT2D eigenvalue weighted by molar-refractivity contribution is 5.86. The smallest absolute Gasteiger partial charge is 0.310 e. The Hall–Kier alpha value is -3.44. The van der Waals surface area contributed by atoms with Crippen molar-refractivity contribution in [3.8, 4) is 18.1 Å². The molecule has 2 aromatic rings. The molecule has 8 heteroatoms. The summed E-state index contributed by atoms with van der Waals surface area (Å²) in [5.74, 6) is 2.08. The van der Waals surface area contributed by atoms with E-state index in [4.69, 9.17) is 9.47 Å². The van der Waals surface area contributed by atoms with Crippen molar-refractivity contribution >= 4 is 11.6 Å². The normalized spacial score (nSPS) is 18.0. The number of hydrogen-bond acceptors (Lipinski definition) is 5. The molecule has 7 nitrogen and oxygen atoms in total. The molecule has 1 amide bonds. The maximum atomic E-state index is 13.7. The van der Waals surface area contributed by atoms with Gasteiger partial charge in [0, 0.05) is 19.7 Å². The molecule has 0 N–H and O–H groups in total. The Bertz CT molecular complexity index is 1070. The number of piperidine rings is 1. The van der Waals surface area contributed by atoms with E-state index >= 15 is 0 Å². The molecule has 0 aromatic heterocycles. The molecule has 1 saturated heterocycles. The first-order valence-corrected chi connectivity index (χ1v) is 12.1. The Morgan fingerprint density at radius 3 is 2.47 bits per heavy atom. The lowest BCUT2D eigenvalue weighted by Crippen LogP contribution is -2.55. The zero-order chi connectivity index (χ0) is 26.7. The van der Waals surface area contributed by atoms with Gasteiger partial charge >= 0.3 is 5.69 Å². The first kappa shape index (κ1) is 28.8. The van der Waals surface area contributed by atoms with Gasteiger partial charge in [-0.15, -0.1) is 12.3 Å². The van der Waals surface area contributed by atoms with Crippen molar-refractivity contribution in [1.29, 1.82) is 0 Å². The minimum absolute atomic E-state index is 0.0621. The molecule has 1 heterocycles. The zero-order valence-corrected chi connectivity index (χ0v) is 21.5. The number of carbonyl (C=O) groups is 1. The molecule has 2 unspecified atom stereocenters. The summed E-state index contributed by atoms with van der Waals surface area (Å²) in [7, 11) is 2.96. The fraction of sp³-hybridized carbons (Fsp3) is 0.464. The molecular formula is C28H35FN2O5. The van der Waals surface area contributed by atoms with Crippen LogP contribution in [0.4, 0.5) is 10.1 Å². The van der Waals surface area contributed by atoms with Gasteiger partial charge in [0.05, 0.1) is 18.1 Å². The molecule has 0 radical (unpaired) electrons. The van der Waals surface area contributed by atoms with Gasteiger partial charge in [-0.3, -0.25) is 14.9 Å². The topological polar surface area (TPSA) is 81.9 Å². The number of hydrogen-bond donors (Lipinski definition) is 0. The quantitative estimate of drug-likeness (QED) is 0.233. The second-order valence-corrected chi connectivity index (χ2v) is 8.71. The molecule has 194 valence electrons. The van der Waals surface area contributed by atoms with Crippen molar-refractivity contribution < 1.29 is 23.6 Å². The summed E-state index contributed by atoms with van der Waals surface area (Å²) in [6.45, 7) is 4.34. The lowest BCUT2D eigenvalue weighted by Gasteiger charge is -2.44. The molecule has 1 fully saturated rings. The minimum Gasteiger partial charge on any atom is -0.490 e. The van der Waals surface area contributed by atoms with Crippen molar-refractivity contribution in [2.75, 3.05) is 20.8 Å². The molecule has 0 aliphatic carbocycles. The third-order valence-electron chi connectivity index (χ3n) is 6.47. The number of nitro benzene ring substituents is 1. The van der Waals surface area contributed by atoms with Crippen LogP contribution in [0.2, 0.25) is 0 Å². The van der Waals surface area contributed by atoms with Gasteiger partial charge in [0.25, 0.3) is 5.91 Å². The van der Waals surface area contributed by atoms with Crippen molar-refractivity contribution in [2.24, 2.45) is 0 Å². The third kappa shape index (κ3) is 6.82. The molecule has 0 bridgehead atoms. The van der Waals surface area contributed by atoms with Gasteiger partial charge < -0.3 is 14.4 Å². The predicted octanol–water partition coefficient (Wildman–Crippen LogP) is 5.86. The van der Waals surface area contributed by atoms with Crippen LogP contribution in [-0.2, 0) is 16.0 Å². The van der Waals surface area contributed by atoms with Crippen LogP contribution in [-0.4, -0.2) is 42.1 Å². The first-order valence-electron chi connectivity index (χ1n) is 12.1. The van der Waals surface area contributed by atoms with Gasteiger partial charge in [-0.25, -0.2) is 4.39 Å². The van der Waals surface area contributed by atoms with E-state index in [1.54, 1.807) is 38.3 Å². The monoisotopic (exact) mass is 498 g/mol. The summed E-state index contributed by atoms with van der Waals surface area (Å²) >= 11 is 0. The standard InChI is InChI=1S/C25H31FN2O5.C3H4/c1-4-6-21(19-8-10-20(26)11-9-19)27-16-5-14-25(33-3,24(27)29)15-13-18-7-12-22(28(30)31)23(17-18)32-2;1-3-2/h7-12,17,21H,4-6,13-16H2,1-3H3;1H,2H3. The number of likely N-dealkylation sites (tertiary alicyclic amines) is 1. The first-order chi connectivity index (χ1) is 17.3. The van der Waals surface area contributed by atoms with E-state index in [2.05, 4.69) is 19.3 Å². The van der Waals surface area contributed by atoms with Crippen LogP contribution >= 0.6 is 0 Å². The van der Waals surface area contributed by atoms with Gasteiger partial charge in [-0.1, -0.05) is 31.5 Å². The van der Waals surface area contributed by atoms with Crippen LogP contribution in [0.15, 0.2) is 42.5 Å². The number of methoxy groups -OCH3 is 2. The fourth-order valence-electron chi connectivity index (χ4n) is 4.66. The van der Waals surface area contributed by atoms with Crippen molar-refractivity contribution in [3.63, 3.8) is 0 Å². The third-order valence-corrected chi connectivity index (χ3v) is 6.47. The van der Waals surface area contributed by atoms with E-state index in [0.717, 1.165) is 30.4 Å². The predicted molar refractivity (Wildman–Crippen MR) is 137 cm³/mol. The van der Waals surface area contributed by atoms with Gasteiger partial charge in [0.2, 0.25) is 0 Å². The fourth-order valence-corrected chi connectivity index (χ4v) is 4.66. The second kappa shape index (κ2) is 13.6. The molecular weight excluding hydrogens is 463 g/mol. The highest BCUT2D eigenvalue weighted by Gasteiger charge is 2.45. The number of rotatable bonds is 10. The average Bonchev–Trinajstić information content (AvgIpc) is 2.88. The number of ether oxygens (including phenoxy) is 2. The SMILES string of the molecule is C#CC.CCCC(c1ccc(F)cc1)N1CCCC(CCc2ccc([N+](=O)[O-])c(OC)c2)(OC)C1=O. The molecule has 2 atom stereocenters. The number of nitro groups is 1. The highest BCUT2D eigenvalue weighted by atomic mass is 19.1. The summed E-state index contributed by atoms with van der Waals surface area (Å²) in [4.78, 5) is 26.3. The van der Waals surface area contributed by atoms with Crippen LogP contribution in [0.25, 0.3) is 0 Å². The van der Waals surface area contributed by atoms with Gasteiger partial charge in [0.1, 0.15) is 11.4 Å². The van der Waals surface area contributed by atoms with E-state index in [9.17, 15) is 19.3 Å². The van der Waals surface area contributed by atoms with Crippen molar-refractivity contribution in [2.45, 2.75) is 64.0 Å². The highest BCUT2D eigenvalue weighted by Crippen LogP contribution is 2.37. The minimum atomic E-state index is -0.973. The number of carbonyl (C=O) groups excluding carboxylic acids is 1. The molecule has 2 aromatic carbocycles. The number of halogens is 1. The van der Waals surface area contributed by atoms with Gasteiger partial charge in [0.15, 0.2) is 5.75 Å².